The Morgan fingerprint density at radius 2 is 2.32 bits per heavy atom. The number of amides is 1. The minimum atomic E-state index is -0.00263. The van der Waals surface area contributed by atoms with Crippen LogP contribution in [0.5, 0.6) is 5.75 Å². The van der Waals surface area contributed by atoms with Gasteiger partial charge in [-0.15, -0.1) is 0 Å². The van der Waals surface area contributed by atoms with Crippen LogP contribution < -0.4 is 10.1 Å². The Bertz CT molecular complexity index is 661. The highest BCUT2D eigenvalue weighted by molar-refractivity contribution is 5.93. The molecule has 1 fully saturated rings. The third-order valence-electron chi connectivity index (χ3n) is 4.30. The van der Waals surface area contributed by atoms with E-state index in [1.54, 1.807) is 7.11 Å². The Labute approximate surface area is 129 Å². The summed E-state index contributed by atoms with van der Waals surface area (Å²) in [6.07, 6.45) is 5.10. The lowest BCUT2D eigenvalue weighted by molar-refractivity contribution is -0.121. The molecule has 5 heteroatoms. The van der Waals surface area contributed by atoms with Gasteiger partial charge in [-0.25, -0.2) is 0 Å². The number of nitrogens with one attached hydrogen (secondary N) is 2. The van der Waals surface area contributed by atoms with E-state index >= 15 is 0 Å². The lowest BCUT2D eigenvalue weighted by Gasteiger charge is -2.17. The summed E-state index contributed by atoms with van der Waals surface area (Å²) in [4.78, 5) is 15.5. The first-order valence-electron chi connectivity index (χ1n) is 7.76. The quantitative estimate of drug-likeness (QED) is 0.732. The van der Waals surface area contributed by atoms with Crippen LogP contribution in [0.15, 0.2) is 24.4 Å². The molecule has 1 aliphatic rings. The van der Waals surface area contributed by atoms with Gasteiger partial charge in [0.25, 0.3) is 0 Å². The summed E-state index contributed by atoms with van der Waals surface area (Å²) < 4.78 is 5.39. The van der Waals surface area contributed by atoms with Gasteiger partial charge in [-0.05, 0) is 42.9 Å². The fourth-order valence-corrected chi connectivity index (χ4v) is 3.02. The Balaban J connectivity index is 1.73. The van der Waals surface area contributed by atoms with E-state index in [2.05, 4.69) is 10.3 Å². The van der Waals surface area contributed by atoms with Crippen molar-refractivity contribution in [2.24, 2.45) is 5.92 Å². The molecule has 0 radical (unpaired) electrons. The van der Waals surface area contributed by atoms with Gasteiger partial charge in [-0.3, -0.25) is 4.79 Å². The van der Waals surface area contributed by atoms with Crippen LogP contribution in [-0.4, -0.2) is 35.8 Å². The first-order chi connectivity index (χ1) is 10.7. The highest BCUT2D eigenvalue weighted by atomic mass is 16.5. The van der Waals surface area contributed by atoms with E-state index in [1.165, 1.54) is 0 Å². The number of carbonyl (C=O) groups excluding carboxylic acids is 1. The van der Waals surface area contributed by atoms with Crippen LogP contribution in [0.3, 0.4) is 0 Å². The SMILES string of the molecule is COc1cccc2[nH]cc(CC(=O)NC(CCO)C3CC3)c12. The van der Waals surface area contributed by atoms with Gasteiger partial charge < -0.3 is 20.1 Å². The predicted molar refractivity (Wildman–Crippen MR) is 84.9 cm³/mol. The minimum Gasteiger partial charge on any atom is -0.496 e. The van der Waals surface area contributed by atoms with E-state index < -0.39 is 0 Å². The molecule has 0 saturated heterocycles. The number of methoxy groups -OCH3 is 1. The molecule has 5 nitrogen and oxygen atoms in total. The Morgan fingerprint density at radius 3 is 3.00 bits per heavy atom. The van der Waals surface area contributed by atoms with Crippen LogP contribution in [0, 0.1) is 5.92 Å². The van der Waals surface area contributed by atoms with E-state index in [4.69, 9.17) is 9.84 Å². The molecule has 1 heterocycles. The number of carbonyl (C=O) groups is 1. The topological polar surface area (TPSA) is 74.4 Å². The molecule has 0 aliphatic heterocycles. The second-order valence-electron chi connectivity index (χ2n) is 5.90. The van der Waals surface area contributed by atoms with E-state index in [-0.39, 0.29) is 18.6 Å². The first-order valence-corrected chi connectivity index (χ1v) is 7.76. The normalized spacial score (nSPS) is 15.7. The van der Waals surface area contributed by atoms with Gasteiger partial charge in [-0.1, -0.05) is 6.07 Å². The van der Waals surface area contributed by atoms with Crippen LogP contribution in [0.25, 0.3) is 10.9 Å². The Morgan fingerprint density at radius 1 is 1.50 bits per heavy atom. The van der Waals surface area contributed by atoms with Crippen molar-refractivity contribution in [1.29, 1.82) is 0 Å². The summed E-state index contributed by atoms with van der Waals surface area (Å²) in [5.41, 5.74) is 1.90. The van der Waals surface area contributed by atoms with Crippen molar-refractivity contribution in [2.45, 2.75) is 31.7 Å². The molecule has 1 amide bonds. The molecule has 3 rings (SSSR count). The molecule has 1 atom stereocenters. The molecule has 1 aliphatic carbocycles. The van der Waals surface area contributed by atoms with Crippen LogP contribution in [0.2, 0.25) is 0 Å². The van der Waals surface area contributed by atoms with Gasteiger partial charge in [0.1, 0.15) is 5.75 Å². The monoisotopic (exact) mass is 302 g/mol. The minimum absolute atomic E-state index is 0.00263. The highest BCUT2D eigenvalue weighted by Crippen LogP contribution is 2.34. The maximum atomic E-state index is 12.3. The zero-order valence-corrected chi connectivity index (χ0v) is 12.8. The third kappa shape index (κ3) is 3.09. The smallest absolute Gasteiger partial charge is 0.224 e. The second-order valence-corrected chi connectivity index (χ2v) is 5.90. The lowest BCUT2D eigenvalue weighted by atomic mass is 10.1. The van der Waals surface area contributed by atoms with Gasteiger partial charge >= 0.3 is 0 Å². The fraction of sp³-hybridized carbons (Fsp3) is 0.471. The fourth-order valence-electron chi connectivity index (χ4n) is 3.02. The molecule has 2 aromatic rings. The van der Waals surface area contributed by atoms with Gasteiger partial charge in [0.05, 0.1) is 13.5 Å². The van der Waals surface area contributed by atoms with Gasteiger partial charge in [0.2, 0.25) is 5.91 Å². The number of benzene rings is 1. The van der Waals surface area contributed by atoms with E-state index in [9.17, 15) is 4.79 Å². The Hall–Kier alpha value is -2.01. The van der Waals surface area contributed by atoms with Crippen molar-refractivity contribution in [3.63, 3.8) is 0 Å². The van der Waals surface area contributed by atoms with Crippen molar-refractivity contribution in [2.75, 3.05) is 13.7 Å². The lowest BCUT2D eigenvalue weighted by Crippen LogP contribution is -2.38. The molecule has 1 saturated carbocycles. The van der Waals surface area contributed by atoms with Crippen molar-refractivity contribution in [3.05, 3.63) is 30.0 Å². The highest BCUT2D eigenvalue weighted by Gasteiger charge is 2.31. The average Bonchev–Trinajstić information content (AvgIpc) is 3.29. The number of hydrogen-bond donors (Lipinski definition) is 3. The number of aromatic nitrogens is 1. The second kappa shape index (κ2) is 6.40. The third-order valence-corrected chi connectivity index (χ3v) is 4.30. The Kier molecular flexibility index (Phi) is 4.34. The number of aliphatic hydroxyl groups excluding tert-OH is 1. The molecule has 0 bridgehead atoms. The number of aliphatic hydroxyl groups is 1. The number of H-pyrrole nitrogens is 1. The zero-order chi connectivity index (χ0) is 15.5. The van der Waals surface area contributed by atoms with Gasteiger partial charge in [0.15, 0.2) is 0 Å². The van der Waals surface area contributed by atoms with Crippen LogP contribution in [-0.2, 0) is 11.2 Å². The summed E-state index contributed by atoms with van der Waals surface area (Å²) in [5.74, 6) is 1.31. The number of hydrogen-bond acceptors (Lipinski definition) is 3. The molecular weight excluding hydrogens is 280 g/mol. The zero-order valence-electron chi connectivity index (χ0n) is 12.8. The molecule has 118 valence electrons. The summed E-state index contributed by atoms with van der Waals surface area (Å²) in [6, 6.07) is 5.89. The van der Waals surface area contributed by atoms with Crippen molar-refractivity contribution >= 4 is 16.8 Å². The summed E-state index contributed by atoms with van der Waals surface area (Å²) >= 11 is 0. The number of ether oxygens (including phenoxy) is 1. The number of rotatable bonds is 7. The van der Waals surface area contributed by atoms with E-state index in [1.807, 2.05) is 24.4 Å². The van der Waals surface area contributed by atoms with Crippen molar-refractivity contribution in [3.8, 4) is 5.75 Å². The maximum Gasteiger partial charge on any atom is 0.224 e. The van der Waals surface area contributed by atoms with Gasteiger partial charge in [0, 0.05) is 29.7 Å². The van der Waals surface area contributed by atoms with E-state index in [0.717, 1.165) is 35.1 Å². The van der Waals surface area contributed by atoms with Crippen molar-refractivity contribution in [1.82, 2.24) is 10.3 Å². The number of aromatic amines is 1. The summed E-state index contributed by atoms with van der Waals surface area (Å²) in [6.45, 7) is 0.113. The molecular formula is C17H22N2O3. The molecule has 1 aromatic heterocycles. The maximum absolute atomic E-state index is 12.3. The molecule has 22 heavy (non-hydrogen) atoms. The van der Waals surface area contributed by atoms with E-state index in [0.29, 0.717) is 18.8 Å². The summed E-state index contributed by atoms with van der Waals surface area (Å²) in [5, 5.41) is 13.1. The largest absolute Gasteiger partial charge is 0.496 e. The molecule has 0 spiro atoms. The predicted octanol–water partition coefficient (Wildman–Crippen LogP) is 2.00. The van der Waals surface area contributed by atoms with Crippen LogP contribution in [0.4, 0.5) is 0 Å². The first kappa shape index (κ1) is 14.9. The summed E-state index contributed by atoms with van der Waals surface area (Å²) in [7, 11) is 1.63. The van der Waals surface area contributed by atoms with Gasteiger partial charge in [-0.2, -0.15) is 0 Å². The standard InChI is InChI=1S/C17H22N2O3/c1-22-15-4-2-3-14-17(15)12(10-18-14)9-16(21)19-13(7-8-20)11-5-6-11/h2-4,10-11,13,18,20H,5-9H2,1H3,(H,19,21). The van der Waals surface area contributed by atoms with Crippen molar-refractivity contribution < 1.29 is 14.6 Å². The number of fused-ring (bicyclic) bond motifs is 1. The molecule has 1 unspecified atom stereocenters. The average molecular weight is 302 g/mol. The van der Waals surface area contributed by atoms with Crippen LogP contribution in [0.1, 0.15) is 24.8 Å². The molecule has 3 N–H and O–H groups in total. The van der Waals surface area contributed by atoms with Crippen LogP contribution >= 0.6 is 0 Å². The molecule has 1 aromatic carbocycles.